The molecule has 5 heteroatoms. The van der Waals surface area contributed by atoms with E-state index in [1.54, 1.807) is 18.4 Å². The number of aryl methyl sites for hydroxylation is 1. The van der Waals surface area contributed by atoms with E-state index in [0.717, 1.165) is 16.9 Å². The van der Waals surface area contributed by atoms with Gasteiger partial charge in [-0.05, 0) is 30.7 Å². The molecule has 4 nitrogen and oxygen atoms in total. The fourth-order valence-electron chi connectivity index (χ4n) is 1.96. The molecule has 0 radical (unpaired) electrons. The number of nitrogens with zero attached hydrogens (tertiary/aromatic N) is 1. The molecule has 2 N–H and O–H groups in total. The molecule has 3 rings (SSSR count). The number of hydrogen-bond acceptors (Lipinski definition) is 4. The maximum absolute atomic E-state index is 13.0. The van der Waals surface area contributed by atoms with Gasteiger partial charge in [0.2, 0.25) is 5.88 Å². The minimum Gasteiger partial charge on any atom is -0.469 e. The smallest absolute Gasteiger partial charge is 0.230 e. The van der Waals surface area contributed by atoms with Crippen LogP contribution in [-0.2, 0) is 0 Å². The van der Waals surface area contributed by atoms with Crippen LogP contribution in [0.15, 0.2) is 45.5 Å². The third kappa shape index (κ3) is 1.99. The Morgan fingerprint density at radius 2 is 1.89 bits per heavy atom. The molecule has 0 amide bonds. The van der Waals surface area contributed by atoms with Crippen LogP contribution in [0.3, 0.4) is 0 Å². The first-order valence-electron chi connectivity index (χ1n) is 5.72. The van der Waals surface area contributed by atoms with Gasteiger partial charge in [-0.1, -0.05) is 17.3 Å². The quantitative estimate of drug-likeness (QED) is 0.762. The Morgan fingerprint density at radius 3 is 2.53 bits per heavy atom. The van der Waals surface area contributed by atoms with E-state index >= 15 is 0 Å². The van der Waals surface area contributed by atoms with Crippen LogP contribution in [0, 0.1) is 12.7 Å². The summed E-state index contributed by atoms with van der Waals surface area (Å²) in [5.41, 5.74) is 8.55. The van der Waals surface area contributed by atoms with E-state index in [4.69, 9.17) is 14.7 Å². The Bertz CT molecular complexity index is 713. The van der Waals surface area contributed by atoms with E-state index in [-0.39, 0.29) is 11.7 Å². The number of hydrogen-bond donors (Lipinski definition) is 1. The highest BCUT2D eigenvalue weighted by molar-refractivity contribution is 5.86. The standard InChI is InChI=1S/C14H11FN2O2/c1-8-6-10(7-18-8)13-12(14(16)19-17-13)9-2-4-11(15)5-3-9/h2-7H,16H2,1H3. The zero-order valence-corrected chi connectivity index (χ0v) is 10.2. The molecule has 0 aliphatic carbocycles. The number of furan rings is 1. The SMILES string of the molecule is Cc1cc(-c2noc(N)c2-c2ccc(F)cc2)co1. The fraction of sp³-hybridized carbons (Fsp3) is 0.0714. The van der Waals surface area contributed by atoms with Gasteiger partial charge < -0.3 is 14.7 Å². The van der Waals surface area contributed by atoms with Crippen LogP contribution in [0.5, 0.6) is 0 Å². The topological polar surface area (TPSA) is 65.2 Å². The number of aromatic nitrogens is 1. The molecule has 2 heterocycles. The zero-order chi connectivity index (χ0) is 13.4. The van der Waals surface area contributed by atoms with Crippen LogP contribution in [0.2, 0.25) is 0 Å². The Labute approximate surface area is 108 Å². The highest BCUT2D eigenvalue weighted by Crippen LogP contribution is 2.36. The maximum Gasteiger partial charge on any atom is 0.230 e. The molecule has 1 aromatic carbocycles. The predicted octanol–water partition coefficient (Wildman–Crippen LogP) is 3.63. The van der Waals surface area contributed by atoms with Gasteiger partial charge in [0, 0.05) is 5.56 Å². The molecule has 0 spiro atoms. The van der Waals surface area contributed by atoms with Crippen LogP contribution in [0.4, 0.5) is 10.3 Å². The van der Waals surface area contributed by atoms with Gasteiger partial charge in [-0.25, -0.2) is 4.39 Å². The van der Waals surface area contributed by atoms with Crippen molar-refractivity contribution < 1.29 is 13.3 Å². The predicted molar refractivity (Wildman–Crippen MR) is 68.7 cm³/mol. The molecule has 0 fully saturated rings. The lowest BCUT2D eigenvalue weighted by Gasteiger charge is -2.00. The molecule has 2 aromatic heterocycles. The van der Waals surface area contributed by atoms with Crippen LogP contribution < -0.4 is 5.73 Å². The molecular weight excluding hydrogens is 247 g/mol. The van der Waals surface area contributed by atoms with Gasteiger partial charge in [0.25, 0.3) is 0 Å². The van der Waals surface area contributed by atoms with Crippen molar-refractivity contribution in [1.29, 1.82) is 0 Å². The van der Waals surface area contributed by atoms with E-state index in [1.807, 2.05) is 13.0 Å². The molecule has 0 atom stereocenters. The molecule has 0 aliphatic rings. The Hall–Kier alpha value is -2.56. The summed E-state index contributed by atoms with van der Waals surface area (Å²) in [6, 6.07) is 7.84. The van der Waals surface area contributed by atoms with Crippen molar-refractivity contribution in [2.45, 2.75) is 6.92 Å². The molecule has 0 saturated heterocycles. The van der Waals surface area contributed by atoms with Gasteiger partial charge in [-0.3, -0.25) is 0 Å². The summed E-state index contributed by atoms with van der Waals surface area (Å²) in [6.07, 6.45) is 1.58. The molecule has 0 saturated carbocycles. The summed E-state index contributed by atoms with van der Waals surface area (Å²) < 4.78 is 23.3. The zero-order valence-electron chi connectivity index (χ0n) is 10.2. The number of nitrogens with two attached hydrogens (primary N) is 1. The molecule has 0 aliphatic heterocycles. The second-order valence-electron chi connectivity index (χ2n) is 4.22. The molecular formula is C14H11FN2O2. The van der Waals surface area contributed by atoms with Crippen LogP contribution in [0.1, 0.15) is 5.76 Å². The Balaban J connectivity index is 2.16. The average molecular weight is 258 g/mol. The van der Waals surface area contributed by atoms with E-state index in [0.29, 0.717) is 11.3 Å². The minimum absolute atomic E-state index is 0.195. The molecule has 96 valence electrons. The largest absolute Gasteiger partial charge is 0.469 e. The van der Waals surface area contributed by atoms with Gasteiger partial charge >= 0.3 is 0 Å². The Morgan fingerprint density at radius 1 is 1.16 bits per heavy atom. The van der Waals surface area contributed by atoms with Crippen molar-refractivity contribution in [3.05, 3.63) is 48.2 Å². The molecule has 19 heavy (non-hydrogen) atoms. The molecule has 3 aromatic rings. The third-order valence-electron chi connectivity index (χ3n) is 2.86. The van der Waals surface area contributed by atoms with Crippen molar-refractivity contribution in [1.82, 2.24) is 5.16 Å². The van der Waals surface area contributed by atoms with Crippen molar-refractivity contribution in [3.8, 4) is 22.4 Å². The van der Waals surface area contributed by atoms with Crippen LogP contribution in [-0.4, -0.2) is 5.16 Å². The van der Waals surface area contributed by atoms with Crippen LogP contribution >= 0.6 is 0 Å². The lowest BCUT2D eigenvalue weighted by atomic mass is 10.0. The number of anilines is 1. The van der Waals surface area contributed by atoms with E-state index in [9.17, 15) is 4.39 Å². The summed E-state index contributed by atoms with van der Waals surface area (Å²) in [5.74, 6) is 0.654. The van der Waals surface area contributed by atoms with Gasteiger partial charge in [0.05, 0.1) is 5.56 Å². The van der Waals surface area contributed by atoms with Crippen molar-refractivity contribution in [2.24, 2.45) is 0 Å². The number of rotatable bonds is 2. The first-order chi connectivity index (χ1) is 9.15. The second-order valence-corrected chi connectivity index (χ2v) is 4.22. The van der Waals surface area contributed by atoms with Crippen molar-refractivity contribution >= 4 is 5.88 Å². The summed E-state index contributed by atoms with van der Waals surface area (Å²) in [4.78, 5) is 0. The van der Waals surface area contributed by atoms with Gasteiger partial charge in [-0.15, -0.1) is 0 Å². The molecule has 0 unspecified atom stereocenters. The average Bonchev–Trinajstić information content (AvgIpc) is 2.97. The number of nitrogen functional groups attached to an aromatic ring is 1. The molecule has 0 bridgehead atoms. The second kappa shape index (κ2) is 4.28. The van der Waals surface area contributed by atoms with Crippen molar-refractivity contribution in [3.63, 3.8) is 0 Å². The van der Waals surface area contributed by atoms with Gasteiger partial charge in [0.15, 0.2) is 0 Å². The van der Waals surface area contributed by atoms with Gasteiger partial charge in [-0.2, -0.15) is 0 Å². The summed E-state index contributed by atoms with van der Waals surface area (Å²) in [6.45, 7) is 1.84. The van der Waals surface area contributed by atoms with Gasteiger partial charge in [0.1, 0.15) is 23.5 Å². The van der Waals surface area contributed by atoms with E-state index < -0.39 is 0 Å². The highest BCUT2D eigenvalue weighted by Gasteiger charge is 2.18. The lowest BCUT2D eigenvalue weighted by Crippen LogP contribution is -1.87. The van der Waals surface area contributed by atoms with Crippen molar-refractivity contribution in [2.75, 3.05) is 5.73 Å². The first kappa shape index (κ1) is 11.5. The highest BCUT2D eigenvalue weighted by atomic mass is 19.1. The number of halogens is 1. The summed E-state index contributed by atoms with van der Waals surface area (Å²) in [5, 5.41) is 3.94. The monoisotopic (exact) mass is 258 g/mol. The minimum atomic E-state index is -0.306. The lowest BCUT2D eigenvalue weighted by molar-refractivity contribution is 0.439. The summed E-state index contributed by atoms with van der Waals surface area (Å²) in [7, 11) is 0. The first-order valence-corrected chi connectivity index (χ1v) is 5.72. The fourth-order valence-corrected chi connectivity index (χ4v) is 1.96. The maximum atomic E-state index is 13.0. The van der Waals surface area contributed by atoms with E-state index in [2.05, 4.69) is 5.16 Å². The normalized spacial score (nSPS) is 10.8. The van der Waals surface area contributed by atoms with Crippen LogP contribution in [0.25, 0.3) is 22.4 Å². The Kier molecular flexibility index (Phi) is 2.59. The van der Waals surface area contributed by atoms with E-state index in [1.165, 1.54) is 12.1 Å². The third-order valence-corrected chi connectivity index (χ3v) is 2.86. The number of benzene rings is 1. The summed E-state index contributed by atoms with van der Waals surface area (Å²) >= 11 is 0.